The molecule has 1 heterocycles. The standard InChI is InChI=1S/C20H22O6S2/c1-19(2)25-17-13-20(14-18(17)26-19,27(21,22)15-9-5-3-6-10-15)28(23,24)16-11-7-4-8-12-16/h3-12,17-18H,13-14H2,1-2H3. The number of benzene rings is 2. The lowest BCUT2D eigenvalue weighted by Crippen LogP contribution is -2.46. The van der Waals surface area contributed by atoms with Crippen molar-refractivity contribution in [1.29, 1.82) is 0 Å². The van der Waals surface area contributed by atoms with Crippen molar-refractivity contribution in [3.05, 3.63) is 60.7 Å². The van der Waals surface area contributed by atoms with Crippen LogP contribution in [0.15, 0.2) is 70.5 Å². The fourth-order valence-corrected chi connectivity index (χ4v) is 9.32. The largest absolute Gasteiger partial charge is 0.344 e. The molecule has 1 saturated carbocycles. The van der Waals surface area contributed by atoms with E-state index in [9.17, 15) is 16.8 Å². The maximum absolute atomic E-state index is 13.7. The molecule has 2 unspecified atom stereocenters. The highest BCUT2D eigenvalue weighted by atomic mass is 32.3. The van der Waals surface area contributed by atoms with Gasteiger partial charge in [-0.05, 0) is 38.1 Å². The second-order valence-electron chi connectivity index (χ2n) is 7.66. The Morgan fingerprint density at radius 2 is 1.07 bits per heavy atom. The van der Waals surface area contributed by atoms with Crippen LogP contribution in [-0.4, -0.2) is 38.9 Å². The van der Waals surface area contributed by atoms with Gasteiger partial charge in [-0.2, -0.15) is 0 Å². The van der Waals surface area contributed by atoms with Crippen LogP contribution < -0.4 is 0 Å². The zero-order valence-corrected chi connectivity index (χ0v) is 17.2. The van der Waals surface area contributed by atoms with Crippen molar-refractivity contribution < 1.29 is 26.3 Å². The van der Waals surface area contributed by atoms with Crippen LogP contribution in [0, 0.1) is 0 Å². The van der Waals surface area contributed by atoms with E-state index in [-0.39, 0.29) is 22.6 Å². The van der Waals surface area contributed by atoms with Gasteiger partial charge in [-0.1, -0.05) is 36.4 Å². The molecule has 1 aliphatic carbocycles. The van der Waals surface area contributed by atoms with Gasteiger partial charge in [0.2, 0.25) is 0 Å². The van der Waals surface area contributed by atoms with Crippen molar-refractivity contribution in [3.63, 3.8) is 0 Å². The number of hydrogen-bond donors (Lipinski definition) is 0. The molecule has 8 heteroatoms. The SMILES string of the molecule is CC1(C)OC2CC(S(=O)(=O)c3ccccc3)(S(=O)(=O)c3ccccc3)CC2O1. The van der Waals surface area contributed by atoms with Crippen LogP contribution in [0.2, 0.25) is 0 Å². The Kier molecular flexibility index (Phi) is 4.46. The minimum Gasteiger partial charge on any atom is -0.344 e. The van der Waals surface area contributed by atoms with Crippen LogP contribution in [0.25, 0.3) is 0 Å². The van der Waals surface area contributed by atoms with Crippen molar-refractivity contribution in [3.8, 4) is 0 Å². The van der Waals surface area contributed by atoms with E-state index in [0.717, 1.165) is 0 Å². The summed E-state index contributed by atoms with van der Waals surface area (Å²) in [6, 6.07) is 15.4. The van der Waals surface area contributed by atoms with Crippen molar-refractivity contribution in [1.82, 2.24) is 0 Å². The summed E-state index contributed by atoms with van der Waals surface area (Å²) in [5.41, 5.74) is 0. The predicted molar refractivity (Wildman–Crippen MR) is 103 cm³/mol. The Morgan fingerprint density at radius 1 is 0.714 bits per heavy atom. The first-order valence-corrected chi connectivity index (χ1v) is 12.0. The van der Waals surface area contributed by atoms with Gasteiger partial charge in [0.05, 0.1) is 22.0 Å². The van der Waals surface area contributed by atoms with Crippen molar-refractivity contribution in [2.75, 3.05) is 0 Å². The van der Waals surface area contributed by atoms with Gasteiger partial charge in [0.15, 0.2) is 29.5 Å². The third kappa shape index (κ3) is 2.82. The molecular weight excluding hydrogens is 400 g/mol. The molecule has 0 aromatic heterocycles. The lowest BCUT2D eigenvalue weighted by atomic mass is 10.3. The predicted octanol–water partition coefficient (Wildman–Crippen LogP) is 2.94. The van der Waals surface area contributed by atoms with Gasteiger partial charge < -0.3 is 9.47 Å². The molecule has 0 N–H and O–H groups in total. The Hall–Kier alpha value is -1.74. The van der Waals surface area contributed by atoms with E-state index in [2.05, 4.69) is 0 Å². The zero-order valence-electron chi connectivity index (χ0n) is 15.6. The summed E-state index contributed by atoms with van der Waals surface area (Å²) in [5, 5.41) is 0. The molecule has 0 bridgehead atoms. The van der Waals surface area contributed by atoms with Gasteiger partial charge in [0, 0.05) is 12.8 Å². The van der Waals surface area contributed by atoms with Crippen molar-refractivity contribution in [2.24, 2.45) is 0 Å². The first-order valence-electron chi connectivity index (χ1n) is 9.04. The molecule has 1 aliphatic heterocycles. The molecule has 2 fully saturated rings. The lowest BCUT2D eigenvalue weighted by molar-refractivity contribution is -0.151. The number of ether oxygens (including phenoxy) is 2. The molecule has 2 aromatic rings. The maximum atomic E-state index is 13.7. The Bertz CT molecular complexity index is 989. The topological polar surface area (TPSA) is 86.7 Å². The van der Waals surface area contributed by atoms with E-state index >= 15 is 0 Å². The minimum absolute atomic E-state index is 0.0197. The molecule has 28 heavy (non-hydrogen) atoms. The van der Waals surface area contributed by atoms with Gasteiger partial charge in [0.25, 0.3) is 0 Å². The highest BCUT2D eigenvalue weighted by Gasteiger charge is 2.66. The van der Waals surface area contributed by atoms with Crippen molar-refractivity contribution in [2.45, 2.75) is 58.6 Å². The lowest BCUT2D eigenvalue weighted by Gasteiger charge is -2.31. The van der Waals surface area contributed by atoms with E-state index in [1.807, 2.05) is 0 Å². The molecule has 4 rings (SSSR count). The number of sulfone groups is 2. The van der Waals surface area contributed by atoms with Crippen molar-refractivity contribution >= 4 is 19.7 Å². The van der Waals surface area contributed by atoms with E-state index in [1.165, 1.54) is 24.3 Å². The summed E-state index contributed by atoms with van der Waals surface area (Å²) in [4.78, 5) is -0.0394. The van der Waals surface area contributed by atoms with Crippen LogP contribution in [0.1, 0.15) is 26.7 Å². The smallest absolute Gasteiger partial charge is 0.199 e. The molecule has 0 radical (unpaired) electrons. The second-order valence-corrected chi connectivity index (χ2v) is 12.4. The van der Waals surface area contributed by atoms with Crippen LogP contribution in [0.4, 0.5) is 0 Å². The molecule has 2 atom stereocenters. The fourth-order valence-electron chi connectivity index (χ4n) is 4.16. The zero-order chi connectivity index (χ0) is 20.2. The summed E-state index contributed by atoms with van der Waals surface area (Å²) in [5.74, 6) is -0.867. The number of rotatable bonds is 4. The van der Waals surface area contributed by atoms with Crippen LogP contribution in [0.5, 0.6) is 0 Å². The Labute approximate surface area is 165 Å². The third-order valence-corrected chi connectivity index (χ3v) is 11.1. The van der Waals surface area contributed by atoms with Gasteiger partial charge >= 0.3 is 0 Å². The monoisotopic (exact) mass is 422 g/mol. The van der Waals surface area contributed by atoms with Gasteiger partial charge in [-0.25, -0.2) is 16.8 Å². The molecular formula is C20H22O6S2. The average molecular weight is 423 g/mol. The van der Waals surface area contributed by atoms with Gasteiger partial charge in [0.1, 0.15) is 0 Å². The van der Waals surface area contributed by atoms with Gasteiger partial charge in [-0.3, -0.25) is 0 Å². The molecule has 2 aromatic carbocycles. The normalized spacial score (nSPS) is 26.1. The van der Waals surface area contributed by atoms with E-state index in [1.54, 1.807) is 50.2 Å². The average Bonchev–Trinajstić information content (AvgIpc) is 3.15. The molecule has 0 amide bonds. The Balaban J connectivity index is 1.90. The summed E-state index contributed by atoms with van der Waals surface area (Å²) in [6.07, 6.45) is -1.55. The summed E-state index contributed by atoms with van der Waals surface area (Å²) >= 11 is 0. The highest BCUT2D eigenvalue weighted by Crippen LogP contribution is 2.52. The maximum Gasteiger partial charge on any atom is 0.199 e. The number of hydrogen-bond acceptors (Lipinski definition) is 6. The summed E-state index contributed by atoms with van der Waals surface area (Å²) in [7, 11) is -8.47. The van der Waals surface area contributed by atoms with Crippen LogP contribution in [-0.2, 0) is 29.1 Å². The fraction of sp³-hybridized carbons (Fsp3) is 0.400. The quantitative estimate of drug-likeness (QED) is 0.753. The second kappa shape index (κ2) is 6.38. The van der Waals surface area contributed by atoms with E-state index < -0.39 is 41.7 Å². The number of fused-ring (bicyclic) bond motifs is 1. The molecule has 0 spiro atoms. The van der Waals surface area contributed by atoms with E-state index in [0.29, 0.717) is 0 Å². The highest BCUT2D eigenvalue weighted by molar-refractivity contribution is 8.10. The summed E-state index contributed by atoms with van der Waals surface area (Å²) in [6.45, 7) is 3.48. The first-order chi connectivity index (χ1) is 13.1. The van der Waals surface area contributed by atoms with Crippen LogP contribution in [0.3, 0.4) is 0 Å². The third-order valence-electron chi connectivity index (χ3n) is 5.40. The first kappa shape index (κ1) is 19.6. The van der Waals surface area contributed by atoms with Gasteiger partial charge in [-0.15, -0.1) is 0 Å². The molecule has 150 valence electrons. The molecule has 2 aliphatic rings. The molecule has 1 saturated heterocycles. The Morgan fingerprint density at radius 3 is 1.43 bits per heavy atom. The molecule has 6 nitrogen and oxygen atoms in total. The minimum atomic E-state index is -4.23. The van der Waals surface area contributed by atoms with E-state index in [4.69, 9.17) is 9.47 Å². The van der Waals surface area contributed by atoms with Crippen LogP contribution >= 0.6 is 0 Å². The summed E-state index contributed by atoms with van der Waals surface area (Å²) < 4.78 is 64.3.